The van der Waals surface area contributed by atoms with E-state index < -0.39 is 0 Å². The first kappa shape index (κ1) is 14.6. The summed E-state index contributed by atoms with van der Waals surface area (Å²) in [5.41, 5.74) is 1.63. The molecule has 1 fully saturated rings. The number of ether oxygens (including phenoxy) is 1. The van der Waals surface area contributed by atoms with Crippen molar-refractivity contribution in [2.24, 2.45) is 0 Å². The fourth-order valence-electron chi connectivity index (χ4n) is 2.66. The van der Waals surface area contributed by atoms with Crippen molar-refractivity contribution in [3.63, 3.8) is 0 Å². The van der Waals surface area contributed by atoms with E-state index >= 15 is 0 Å². The van der Waals surface area contributed by atoms with Gasteiger partial charge in [0.05, 0.1) is 6.10 Å². The van der Waals surface area contributed by atoms with Gasteiger partial charge in [0, 0.05) is 24.5 Å². The largest absolute Gasteiger partial charge is 0.365 e. The molecule has 2 N–H and O–H groups in total. The number of hydrogen-bond donors (Lipinski definition) is 2. The molecule has 0 radical (unpaired) electrons. The SMILES string of the molecule is CCc1cnccc1C(=O)NC[C@H]1CC[C@@H](c2ncn[nH]2)O1. The zero-order valence-corrected chi connectivity index (χ0v) is 12.5. The average Bonchev–Trinajstić information content (AvgIpc) is 3.23. The number of nitrogens with zero attached hydrogens (tertiary/aromatic N) is 3. The molecule has 0 unspecified atom stereocenters. The molecule has 2 atom stereocenters. The maximum Gasteiger partial charge on any atom is 0.251 e. The summed E-state index contributed by atoms with van der Waals surface area (Å²) in [7, 11) is 0. The van der Waals surface area contributed by atoms with Crippen LogP contribution in [0.15, 0.2) is 24.8 Å². The highest BCUT2D eigenvalue weighted by Crippen LogP contribution is 2.30. The third kappa shape index (κ3) is 3.14. The van der Waals surface area contributed by atoms with E-state index in [-0.39, 0.29) is 18.1 Å². The Bertz CT molecular complexity index is 629. The van der Waals surface area contributed by atoms with Crippen molar-refractivity contribution in [2.45, 2.75) is 38.4 Å². The van der Waals surface area contributed by atoms with Crippen LogP contribution in [-0.4, -0.2) is 38.7 Å². The van der Waals surface area contributed by atoms with Crippen molar-refractivity contribution in [1.29, 1.82) is 0 Å². The molecule has 0 saturated carbocycles. The second-order valence-electron chi connectivity index (χ2n) is 5.29. The zero-order valence-electron chi connectivity index (χ0n) is 12.5. The monoisotopic (exact) mass is 301 g/mol. The lowest BCUT2D eigenvalue weighted by atomic mass is 10.1. The van der Waals surface area contributed by atoms with E-state index in [4.69, 9.17) is 4.74 Å². The summed E-state index contributed by atoms with van der Waals surface area (Å²) in [4.78, 5) is 20.4. The number of aryl methyl sites for hydroxylation is 1. The van der Waals surface area contributed by atoms with Crippen LogP contribution in [0.5, 0.6) is 0 Å². The summed E-state index contributed by atoms with van der Waals surface area (Å²) in [6.45, 7) is 2.50. The molecule has 1 saturated heterocycles. The summed E-state index contributed by atoms with van der Waals surface area (Å²) in [5, 5.41) is 9.60. The number of nitrogens with one attached hydrogen (secondary N) is 2. The minimum absolute atomic E-state index is 0.00552. The average molecular weight is 301 g/mol. The van der Waals surface area contributed by atoms with Crippen LogP contribution in [0.25, 0.3) is 0 Å². The molecular formula is C15H19N5O2. The van der Waals surface area contributed by atoms with E-state index in [9.17, 15) is 4.79 Å². The van der Waals surface area contributed by atoms with Crippen LogP contribution in [0.3, 0.4) is 0 Å². The van der Waals surface area contributed by atoms with Crippen LogP contribution in [0, 0.1) is 0 Å². The highest BCUT2D eigenvalue weighted by molar-refractivity contribution is 5.95. The van der Waals surface area contributed by atoms with Crippen molar-refractivity contribution >= 4 is 5.91 Å². The number of rotatable bonds is 5. The standard InChI is InChI=1S/C15H19N5O2/c1-2-10-7-16-6-5-12(10)15(21)17-8-11-3-4-13(22-11)14-18-9-19-20-14/h5-7,9,11,13H,2-4,8H2,1H3,(H,17,21)(H,18,19,20)/t11-,13+/m1/s1. The number of hydrogen-bond acceptors (Lipinski definition) is 5. The molecule has 0 spiro atoms. The lowest BCUT2D eigenvalue weighted by Crippen LogP contribution is -2.32. The molecule has 22 heavy (non-hydrogen) atoms. The summed E-state index contributed by atoms with van der Waals surface area (Å²) < 4.78 is 5.89. The molecule has 1 amide bonds. The fourth-order valence-corrected chi connectivity index (χ4v) is 2.66. The van der Waals surface area contributed by atoms with Gasteiger partial charge < -0.3 is 10.1 Å². The molecule has 7 heteroatoms. The van der Waals surface area contributed by atoms with Gasteiger partial charge >= 0.3 is 0 Å². The van der Waals surface area contributed by atoms with E-state index in [0.29, 0.717) is 12.1 Å². The van der Waals surface area contributed by atoms with Crippen LogP contribution >= 0.6 is 0 Å². The molecule has 116 valence electrons. The van der Waals surface area contributed by atoms with Crippen molar-refractivity contribution in [3.05, 3.63) is 41.7 Å². The van der Waals surface area contributed by atoms with Crippen LogP contribution < -0.4 is 5.32 Å². The fraction of sp³-hybridized carbons (Fsp3) is 0.467. The Hall–Kier alpha value is -2.28. The van der Waals surface area contributed by atoms with Gasteiger partial charge in [-0.25, -0.2) is 4.98 Å². The Labute approximate surface area is 128 Å². The van der Waals surface area contributed by atoms with E-state index in [2.05, 4.69) is 25.5 Å². The Balaban J connectivity index is 1.54. The Kier molecular flexibility index (Phi) is 4.43. The maximum atomic E-state index is 12.3. The van der Waals surface area contributed by atoms with Crippen LogP contribution in [0.1, 0.15) is 47.6 Å². The molecule has 7 nitrogen and oxygen atoms in total. The minimum Gasteiger partial charge on any atom is -0.365 e. The zero-order chi connectivity index (χ0) is 15.4. The van der Waals surface area contributed by atoms with Crippen molar-refractivity contribution < 1.29 is 9.53 Å². The first-order chi connectivity index (χ1) is 10.8. The second-order valence-corrected chi connectivity index (χ2v) is 5.29. The van der Waals surface area contributed by atoms with E-state index in [1.54, 1.807) is 18.5 Å². The lowest BCUT2D eigenvalue weighted by Gasteiger charge is -2.14. The van der Waals surface area contributed by atoms with Gasteiger partial charge in [0.1, 0.15) is 12.4 Å². The molecule has 2 aromatic rings. The molecule has 0 bridgehead atoms. The molecular weight excluding hydrogens is 282 g/mol. The first-order valence-corrected chi connectivity index (χ1v) is 7.49. The Morgan fingerprint density at radius 2 is 2.41 bits per heavy atom. The molecule has 1 aliphatic rings. The normalized spacial score (nSPS) is 21.0. The number of H-pyrrole nitrogens is 1. The summed E-state index contributed by atoms with van der Waals surface area (Å²) in [6, 6.07) is 1.75. The van der Waals surface area contributed by atoms with Crippen molar-refractivity contribution in [1.82, 2.24) is 25.5 Å². The lowest BCUT2D eigenvalue weighted by molar-refractivity contribution is 0.0392. The number of pyridine rings is 1. The van der Waals surface area contributed by atoms with Gasteiger partial charge in [-0.2, -0.15) is 5.10 Å². The van der Waals surface area contributed by atoms with Gasteiger partial charge in [-0.3, -0.25) is 14.9 Å². The molecule has 0 aliphatic carbocycles. The predicted molar refractivity (Wildman–Crippen MR) is 79.2 cm³/mol. The topological polar surface area (TPSA) is 92.8 Å². The number of aromatic nitrogens is 4. The number of aromatic amines is 1. The van der Waals surface area contributed by atoms with Crippen molar-refractivity contribution in [3.8, 4) is 0 Å². The van der Waals surface area contributed by atoms with Gasteiger partial charge in [0.25, 0.3) is 5.91 Å². The highest BCUT2D eigenvalue weighted by Gasteiger charge is 2.28. The minimum atomic E-state index is -0.0778. The number of carbonyl (C=O) groups is 1. The predicted octanol–water partition coefficient (Wildman–Crippen LogP) is 1.41. The number of amides is 1. The van der Waals surface area contributed by atoms with Gasteiger partial charge in [-0.1, -0.05) is 6.92 Å². The quantitative estimate of drug-likeness (QED) is 0.871. The second kappa shape index (κ2) is 6.65. The summed E-state index contributed by atoms with van der Waals surface area (Å²) >= 11 is 0. The summed E-state index contributed by atoms with van der Waals surface area (Å²) in [6.07, 6.45) is 7.35. The number of carbonyl (C=O) groups excluding carboxylic acids is 1. The van der Waals surface area contributed by atoms with Crippen LogP contribution in [-0.2, 0) is 11.2 Å². The van der Waals surface area contributed by atoms with Crippen LogP contribution in [0.4, 0.5) is 0 Å². The molecule has 0 aromatic carbocycles. The smallest absolute Gasteiger partial charge is 0.251 e. The van der Waals surface area contributed by atoms with E-state index in [0.717, 1.165) is 30.7 Å². The Morgan fingerprint density at radius 3 is 3.18 bits per heavy atom. The highest BCUT2D eigenvalue weighted by atomic mass is 16.5. The molecule has 3 heterocycles. The molecule has 1 aliphatic heterocycles. The van der Waals surface area contributed by atoms with Gasteiger partial charge in [0.15, 0.2) is 5.82 Å². The van der Waals surface area contributed by atoms with Crippen LogP contribution in [0.2, 0.25) is 0 Å². The van der Waals surface area contributed by atoms with Crippen molar-refractivity contribution in [2.75, 3.05) is 6.54 Å². The first-order valence-electron chi connectivity index (χ1n) is 7.49. The van der Waals surface area contributed by atoms with Gasteiger partial charge in [-0.15, -0.1) is 0 Å². The van der Waals surface area contributed by atoms with Gasteiger partial charge in [0.2, 0.25) is 0 Å². The Morgan fingerprint density at radius 1 is 1.50 bits per heavy atom. The molecule has 3 rings (SSSR count). The van der Waals surface area contributed by atoms with E-state index in [1.165, 1.54) is 6.33 Å². The maximum absolute atomic E-state index is 12.3. The van der Waals surface area contributed by atoms with E-state index in [1.807, 2.05) is 6.92 Å². The third-order valence-electron chi connectivity index (χ3n) is 3.87. The molecule has 2 aromatic heterocycles. The summed E-state index contributed by atoms with van der Waals surface area (Å²) in [5.74, 6) is 0.669. The third-order valence-corrected chi connectivity index (χ3v) is 3.87. The van der Waals surface area contributed by atoms with Gasteiger partial charge in [-0.05, 0) is 30.9 Å².